The highest BCUT2D eigenvalue weighted by atomic mass is 14.6. The molecule has 1 aromatic carbocycles. The van der Waals surface area contributed by atoms with Gasteiger partial charge >= 0.3 is 0 Å². The first kappa shape index (κ1) is 11.2. The lowest BCUT2D eigenvalue weighted by atomic mass is 9.89. The summed E-state index contributed by atoms with van der Waals surface area (Å²) < 4.78 is 0. The Labute approximate surface area is 86.3 Å². The molecule has 0 radical (unpaired) electrons. The van der Waals surface area contributed by atoms with Crippen molar-refractivity contribution in [3.05, 3.63) is 33.4 Å². The number of nitrogens with two attached hydrogens (primary N) is 2. The zero-order valence-corrected chi connectivity index (χ0v) is 9.57. The second-order valence-electron chi connectivity index (χ2n) is 3.87. The van der Waals surface area contributed by atoms with Crippen molar-refractivity contribution in [2.75, 3.05) is 0 Å². The maximum atomic E-state index is 5.75. The van der Waals surface area contributed by atoms with Crippen LogP contribution in [-0.2, 0) is 13.1 Å². The van der Waals surface area contributed by atoms with E-state index in [-0.39, 0.29) is 0 Å². The quantitative estimate of drug-likeness (QED) is 0.751. The van der Waals surface area contributed by atoms with Crippen LogP contribution in [0, 0.1) is 27.7 Å². The van der Waals surface area contributed by atoms with E-state index >= 15 is 0 Å². The number of hydrogen-bond acceptors (Lipinski definition) is 2. The summed E-state index contributed by atoms with van der Waals surface area (Å²) in [4.78, 5) is 0. The van der Waals surface area contributed by atoms with Gasteiger partial charge in [0.25, 0.3) is 0 Å². The van der Waals surface area contributed by atoms with Crippen LogP contribution in [0.15, 0.2) is 0 Å². The Hall–Kier alpha value is -0.860. The highest BCUT2D eigenvalue weighted by molar-refractivity contribution is 5.49. The molecule has 0 saturated heterocycles. The number of benzene rings is 1. The van der Waals surface area contributed by atoms with Crippen molar-refractivity contribution in [1.82, 2.24) is 0 Å². The van der Waals surface area contributed by atoms with Crippen molar-refractivity contribution in [3.63, 3.8) is 0 Å². The maximum absolute atomic E-state index is 5.75. The number of hydrogen-bond donors (Lipinski definition) is 2. The SMILES string of the molecule is Cc1c(C)c(CN)c(C)c(CN)c1C. The van der Waals surface area contributed by atoms with Crippen LogP contribution in [-0.4, -0.2) is 0 Å². The van der Waals surface area contributed by atoms with Gasteiger partial charge in [0.05, 0.1) is 0 Å². The highest BCUT2D eigenvalue weighted by Gasteiger charge is 2.12. The van der Waals surface area contributed by atoms with Crippen molar-refractivity contribution in [3.8, 4) is 0 Å². The molecule has 0 spiro atoms. The Kier molecular flexibility index (Phi) is 3.29. The Balaban J connectivity index is 3.56. The summed E-state index contributed by atoms with van der Waals surface area (Å²) in [7, 11) is 0. The lowest BCUT2D eigenvalue weighted by Gasteiger charge is -2.18. The van der Waals surface area contributed by atoms with Crippen molar-refractivity contribution < 1.29 is 0 Å². The third-order valence-corrected chi connectivity index (χ3v) is 3.34. The molecule has 0 amide bonds. The largest absolute Gasteiger partial charge is 0.326 e. The molecule has 0 aliphatic carbocycles. The summed E-state index contributed by atoms with van der Waals surface area (Å²) in [6.45, 7) is 9.74. The molecule has 2 heteroatoms. The van der Waals surface area contributed by atoms with Crippen molar-refractivity contribution in [1.29, 1.82) is 0 Å². The van der Waals surface area contributed by atoms with E-state index < -0.39 is 0 Å². The lowest BCUT2D eigenvalue weighted by Crippen LogP contribution is -2.11. The zero-order valence-electron chi connectivity index (χ0n) is 9.57. The summed E-state index contributed by atoms with van der Waals surface area (Å²) in [5.41, 5.74) is 19.3. The molecule has 0 bridgehead atoms. The van der Waals surface area contributed by atoms with Crippen LogP contribution in [0.2, 0.25) is 0 Å². The fourth-order valence-electron chi connectivity index (χ4n) is 2.09. The van der Waals surface area contributed by atoms with Crippen LogP contribution in [0.4, 0.5) is 0 Å². The Morgan fingerprint density at radius 1 is 0.643 bits per heavy atom. The summed E-state index contributed by atoms with van der Waals surface area (Å²) in [6.07, 6.45) is 0. The summed E-state index contributed by atoms with van der Waals surface area (Å²) in [5, 5.41) is 0. The molecular formula is C12H20N2. The minimum Gasteiger partial charge on any atom is -0.326 e. The van der Waals surface area contributed by atoms with E-state index in [1.54, 1.807) is 0 Å². The first-order valence-electron chi connectivity index (χ1n) is 5.02. The second-order valence-corrected chi connectivity index (χ2v) is 3.87. The van der Waals surface area contributed by atoms with Gasteiger partial charge in [-0.2, -0.15) is 0 Å². The standard InChI is InChI=1S/C12H20N2/c1-7-8(2)11(5-13)10(4)12(6-14)9(7)3/h5-6,13-14H2,1-4H3. The fraction of sp³-hybridized carbons (Fsp3) is 0.500. The van der Waals surface area contributed by atoms with Gasteiger partial charge in [0.1, 0.15) is 0 Å². The van der Waals surface area contributed by atoms with Gasteiger partial charge in [-0.15, -0.1) is 0 Å². The van der Waals surface area contributed by atoms with Crippen molar-refractivity contribution >= 4 is 0 Å². The zero-order chi connectivity index (χ0) is 10.9. The van der Waals surface area contributed by atoms with Gasteiger partial charge in [-0.3, -0.25) is 0 Å². The minimum absolute atomic E-state index is 0.603. The molecule has 0 heterocycles. The van der Waals surface area contributed by atoms with Gasteiger partial charge in [0, 0.05) is 13.1 Å². The van der Waals surface area contributed by atoms with E-state index in [1.165, 1.54) is 33.4 Å². The molecule has 0 atom stereocenters. The second kappa shape index (κ2) is 4.11. The third-order valence-electron chi connectivity index (χ3n) is 3.34. The average Bonchev–Trinajstić information content (AvgIpc) is 2.16. The van der Waals surface area contributed by atoms with Crippen LogP contribution < -0.4 is 11.5 Å². The van der Waals surface area contributed by atoms with Crippen molar-refractivity contribution in [2.45, 2.75) is 40.8 Å². The third kappa shape index (κ3) is 1.56. The van der Waals surface area contributed by atoms with Gasteiger partial charge in [0.2, 0.25) is 0 Å². The molecule has 0 aliphatic heterocycles. The summed E-state index contributed by atoms with van der Waals surface area (Å²) in [5.74, 6) is 0. The maximum Gasteiger partial charge on any atom is 0.0183 e. The topological polar surface area (TPSA) is 52.0 Å². The van der Waals surface area contributed by atoms with Crippen LogP contribution in [0.25, 0.3) is 0 Å². The van der Waals surface area contributed by atoms with Gasteiger partial charge in [-0.05, 0) is 61.1 Å². The Morgan fingerprint density at radius 2 is 1.00 bits per heavy atom. The molecular weight excluding hydrogens is 172 g/mol. The van der Waals surface area contributed by atoms with E-state index in [1.807, 2.05) is 0 Å². The van der Waals surface area contributed by atoms with Crippen molar-refractivity contribution in [2.24, 2.45) is 11.5 Å². The molecule has 14 heavy (non-hydrogen) atoms. The molecule has 2 nitrogen and oxygen atoms in total. The van der Waals surface area contributed by atoms with Crippen LogP contribution >= 0.6 is 0 Å². The highest BCUT2D eigenvalue weighted by Crippen LogP contribution is 2.25. The summed E-state index contributed by atoms with van der Waals surface area (Å²) >= 11 is 0. The normalized spacial score (nSPS) is 10.7. The molecule has 0 aromatic heterocycles. The summed E-state index contributed by atoms with van der Waals surface area (Å²) in [6, 6.07) is 0. The minimum atomic E-state index is 0.603. The predicted octanol–water partition coefficient (Wildman–Crippen LogP) is 1.84. The van der Waals surface area contributed by atoms with E-state index in [2.05, 4.69) is 27.7 Å². The smallest absolute Gasteiger partial charge is 0.0183 e. The molecule has 0 aliphatic rings. The van der Waals surface area contributed by atoms with E-state index in [0.29, 0.717) is 13.1 Å². The van der Waals surface area contributed by atoms with Crippen LogP contribution in [0.1, 0.15) is 33.4 Å². The van der Waals surface area contributed by atoms with Gasteiger partial charge in [0.15, 0.2) is 0 Å². The van der Waals surface area contributed by atoms with E-state index in [4.69, 9.17) is 11.5 Å². The molecule has 1 aromatic rings. The lowest BCUT2D eigenvalue weighted by molar-refractivity contribution is 0.953. The first-order chi connectivity index (χ1) is 6.54. The van der Waals surface area contributed by atoms with Gasteiger partial charge < -0.3 is 11.5 Å². The predicted molar refractivity (Wildman–Crippen MR) is 61.2 cm³/mol. The molecule has 0 fully saturated rings. The molecule has 1 rings (SSSR count). The van der Waals surface area contributed by atoms with E-state index in [0.717, 1.165) is 0 Å². The van der Waals surface area contributed by atoms with Crippen LogP contribution in [0.5, 0.6) is 0 Å². The van der Waals surface area contributed by atoms with Gasteiger partial charge in [-0.1, -0.05) is 0 Å². The average molecular weight is 192 g/mol. The molecule has 4 N–H and O–H groups in total. The van der Waals surface area contributed by atoms with E-state index in [9.17, 15) is 0 Å². The van der Waals surface area contributed by atoms with Gasteiger partial charge in [-0.25, -0.2) is 0 Å². The monoisotopic (exact) mass is 192 g/mol. The Bertz CT molecular complexity index is 323. The number of rotatable bonds is 2. The molecule has 0 unspecified atom stereocenters. The molecule has 0 saturated carbocycles. The first-order valence-corrected chi connectivity index (χ1v) is 5.02. The Morgan fingerprint density at radius 3 is 1.29 bits per heavy atom. The van der Waals surface area contributed by atoms with Crippen LogP contribution in [0.3, 0.4) is 0 Å². The molecule has 78 valence electrons. The fourth-order valence-corrected chi connectivity index (χ4v) is 2.09.